The van der Waals surface area contributed by atoms with Crippen LogP contribution in [0.1, 0.15) is 13.8 Å². The molecule has 0 aliphatic rings. The van der Waals surface area contributed by atoms with Crippen LogP contribution in [-0.2, 0) is 0 Å². The molecule has 1 aromatic carbocycles. The number of hydrogen-bond donors (Lipinski definition) is 0. The Balaban J connectivity index is 2.47. The minimum Gasteiger partial charge on any atom is -0.370 e. The van der Waals surface area contributed by atoms with Crippen molar-refractivity contribution in [3.05, 3.63) is 34.7 Å². The van der Waals surface area contributed by atoms with Crippen LogP contribution >= 0.6 is 11.3 Å². The van der Waals surface area contributed by atoms with E-state index in [-0.39, 0.29) is 5.56 Å². The van der Waals surface area contributed by atoms with Gasteiger partial charge in [0.05, 0.1) is 11.4 Å². The van der Waals surface area contributed by atoms with E-state index in [1.807, 2.05) is 13.8 Å². The number of benzene rings is 1. The zero-order chi connectivity index (χ0) is 13.1. The quantitative estimate of drug-likeness (QED) is 0.839. The van der Waals surface area contributed by atoms with Gasteiger partial charge in [0.2, 0.25) is 0 Å². The first-order valence-electron chi connectivity index (χ1n) is 5.73. The predicted molar refractivity (Wildman–Crippen MR) is 69.9 cm³/mol. The second kappa shape index (κ2) is 5.44. The van der Waals surface area contributed by atoms with E-state index in [9.17, 15) is 8.78 Å². The highest BCUT2D eigenvalue weighted by molar-refractivity contribution is 7.07. The third-order valence-electron chi connectivity index (χ3n) is 2.81. The highest BCUT2D eigenvalue weighted by Crippen LogP contribution is 2.29. The van der Waals surface area contributed by atoms with Gasteiger partial charge in [0, 0.05) is 30.1 Å². The molecule has 1 aromatic heterocycles. The van der Waals surface area contributed by atoms with Crippen LogP contribution < -0.4 is 4.90 Å². The van der Waals surface area contributed by atoms with Gasteiger partial charge in [-0.2, -0.15) is 0 Å². The van der Waals surface area contributed by atoms with Crippen molar-refractivity contribution >= 4 is 17.0 Å². The van der Waals surface area contributed by atoms with Crippen LogP contribution in [0.5, 0.6) is 0 Å². The van der Waals surface area contributed by atoms with Crippen LogP contribution in [0.25, 0.3) is 11.3 Å². The minimum absolute atomic E-state index is 0.181. The monoisotopic (exact) mass is 267 g/mol. The molecule has 0 saturated carbocycles. The summed E-state index contributed by atoms with van der Waals surface area (Å²) < 4.78 is 28.0. The minimum atomic E-state index is -0.461. The molecule has 0 spiro atoms. The van der Waals surface area contributed by atoms with Crippen molar-refractivity contribution in [1.29, 1.82) is 0 Å². The van der Waals surface area contributed by atoms with E-state index in [4.69, 9.17) is 0 Å². The maximum absolute atomic E-state index is 14.0. The van der Waals surface area contributed by atoms with Crippen LogP contribution in [0.2, 0.25) is 0 Å². The molecule has 2 rings (SSSR count). The van der Waals surface area contributed by atoms with Crippen molar-refractivity contribution in [1.82, 2.24) is 4.98 Å². The third kappa shape index (κ3) is 2.36. The summed E-state index contributed by atoms with van der Waals surface area (Å²) in [7, 11) is 0. The first-order chi connectivity index (χ1) is 8.67. The molecule has 0 aliphatic heterocycles. The number of rotatable bonds is 4. The average molecular weight is 267 g/mol. The Kier molecular flexibility index (Phi) is 3.91. The smallest absolute Gasteiger partial charge is 0.152 e. The first kappa shape index (κ1) is 13.0. The summed E-state index contributed by atoms with van der Waals surface area (Å²) in [5.74, 6) is -0.888. The summed E-state index contributed by atoms with van der Waals surface area (Å²) in [6, 6.07) is 2.43. The molecule has 0 aliphatic carbocycles. The van der Waals surface area contributed by atoms with Gasteiger partial charge in [-0.3, -0.25) is 0 Å². The highest BCUT2D eigenvalue weighted by Gasteiger charge is 2.15. The van der Waals surface area contributed by atoms with E-state index in [2.05, 4.69) is 10.5 Å². The van der Waals surface area contributed by atoms with Gasteiger partial charge in [0.1, 0.15) is 11.6 Å². The Morgan fingerprint density at radius 1 is 1.22 bits per heavy atom. The van der Waals surface area contributed by atoms with Gasteiger partial charge in [0.15, 0.2) is 5.51 Å². The van der Waals surface area contributed by atoms with Gasteiger partial charge in [-0.15, -0.1) is 11.3 Å². The van der Waals surface area contributed by atoms with Crippen molar-refractivity contribution in [2.75, 3.05) is 18.0 Å². The average Bonchev–Trinajstić information content (AvgIpc) is 2.88. The highest BCUT2D eigenvalue weighted by atomic mass is 32.1. The molecule has 5 heteroatoms. The predicted octanol–water partition coefficient (Wildman–Crippen LogP) is 3.73. The lowest BCUT2D eigenvalue weighted by Crippen LogP contribution is -2.23. The molecule has 0 bridgehead atoms. The van der Waals surface area contributed by atoms with Crippen molar-refractivity contribution < 1.29 is 8.78 Å². The normalized spacial score (nSPS) is 10.7. The van der Waals surface area contributed by atoms with E-state index in [1.54, 1.807) is 10.3 Å². The molecule has 18 heavy (non-hydrogen) atoms. The molecule has 95 valence electrons. The summed E-state index contributed by atoms with van der Waals surface area (Å²) in [4.78, 5) is 5.65. The van der Waals surface area contributed by atoms with Crippen molar-refractivity contribution in [3.8, 4) is 11.3 Å². The molecule has 2 aromatic rings. The van der Waals surface area contributed by atoms with Crippen LogP contribution in [-0.4, -0.2) is 18.1 Å². The van der Waals surface area contributed by atoms with Crippen LogP contribution in [0, 0.1) is 17.1 Å². The summed E-state index contributed by atoms with van der Waals surface area (Å²) in [6.45, 7) is 5.08. The standard InChI is InChI=1S/C13H13F2N2S/c1-3-17(4-2)13-6-10(14)9(5-11(13)15)12-7-18-8-16-12/h5-7H,3-4H2,1-2H3. The van der Waals surface area contributed by atoms with Gasteiger partial charge < -0.3 is 4.90 Å². The van der Waals surface area contributed by atoms with E-state index in [0.717, 1.165) is 0 Å². The number of anilines is 1. The molecule has 0 saturated heterocycles. The second-order valence-corrected chi connectivity index (χ2v) is 4.43. The number of thiazole rings is 1. The van der Waals surface area contributed by atoms with Gasteiger partial charge in [-0.25, -0.2) is 13.8 Å². The van der Waals surface area contributed by atoms with Crippen LogP contribution in [0.3, 0.4) is 0 Å². The summed E-state index contributed by atoms with van der Waals surface area (Å²) in [5.41, 5.74) is 3.52. The van der Waals surface area contributed by atoms with Gasteiger partial charge >= 0.3 is 0 Å². The lowest BCUT2D eigenvalue weighted by Gasteiger charge is -2.22. The molecule has 0 atom stereocenters. The summed E-state index contributed by atoms with van der Waals surface area (Å²) >= 11 is 1.23. The fraction of sp³-hybridized carbons (Fsp3) is 0.308. The zero-order valence-corrected chi connectivity index (χ0v) is 11.0. The van der Waals surface area contributed by atoms with Crippen molar-refractivity contribution in [2.45, 2.75) is 13.8 Å². The Hall–Kier alpha value is -1.49. The summed E-state index contributed by atoms with van der Waals surface area (Å²) in [5, 5.41) is 1.65. The lowest BCUT2D eigenvalue weighted by atomic mass is 10.1. The molecule has 0 N–H and O–H groups in total. The number of halogens is 2. The Morgan fingerprint density at radius 2 is 1.94 bits per heavy atom. The van der Waals surface area contributed by atoms with Gasteiger partial charge in [0.25, 0.3) is 0 Å². The first-order valence-corrected chi connectivity index (χ1v) is 6.61. The van der Waals surface area contributed by atoms with E-state index < -0.39 is 11.6 Å². The lowest BCUT2D eigenvalue weighted by molar-refractivity contribution is 0.597. The maximum Gasteiger partial charge on any atom is 0.152 e. The van der Waals surface area contributed by atoms with Crippen molar-refractivity contribution in [2.24, 2.45) is 0 Å². The van der Waals surface area contributed by atoms with Crippen LogP contribution in [0.15, 0.2) is 17.5 Å². The second-order valence-electron chi connectivity index (χ2n) is 3.78. The molecule has 2 nitrogen and oxygen atoms in total. The Morgan fingerprint density at radius 3 is 2.50 bits per heavy atom. The van der Waals surface area contributed by atoms with E-state index in [0.29, 0.717) is 24.5 Å². The maximum atomic E-state index is 14.0. The number of aromatic nitrogens is 1. The Bertz CT molecular complexity index is 522. The molecule has 0 unspecified atom stereocenters. The van der Waals surface area contributed by atoms with Gasteiger partial charge in [-0.05, 0) is 19.9 Å². The van der Waals surface area contributed by atoms with Crippen LogP contribution in [0.4, 0.5) is 14.5 Å². The van der Waals surface area contributed by atoms with E-state index >= 15 is 0 Å². The molecular formula is C13H13F2N2S. The topological polar surface area (TPSA) is 16.1 Å². The molecule has 0 amide bonds. The third-order valence-corrected chi connectivity index (χ3v) is 3.34. The zero-order valence-electron chi connectivity index (χ0n) is 10.2. The van der Waals surface area contributed by atoms with Gasteiger partial charge in [-0.1, -0.05) is 0 Å². The molecule has 1 heterocycles. The SMILES string of the molecule is CCN(CC)c1cc(F)c(-c2cs[c]n2)cc1F. The number of hydrogen-bond acceptors (Lipinski definition) is 3. The fourth-order valence-electron chi connectivity index (χ4n) is 1.85. The number of nitrogens with zero attached hydrogens (tertiary/aromatic N) is 2. The molecular weight excluding hydrogens is 254 g/mol. The van der Waals surface area contributed by atoms with Crippen molar-refractivity contribution in [3.63, 3.8) is 0 Å². The van der Waals surface area contributed by atoms with E-state index in [1.165, 1.54) is 23.5 Å². The molecule has 0 fully saturated rings. The fourth-order valence-corrected chi connectivity index (χ4v) is 2.34. The Labute approximate surface area is 109 Å². The largest absolute Gasteiger partial charge is 0.370 e. The summed E-state index contributed by atoms with van der Waals surface area (Å²) in [6.07, 6.45) is 0. The molecule has 1 radical (unpaired) electrons.